The predicted octanol–water partition coefficient (Wildman–Crippen LogP) is 1.39. The van der Waals surface area contributed by atoms with Gasteiger partial charge in [-0.2, -0.15) is 0 Å². The molecule has 0 unspecified atom stereocenters. The van der Waals surface area contributed by atoms with Gasteiger partial charge in [0.15, 0.2) is 0 Å². The third-order valence-corrected chi connectivity index (χ3v) is 3.10. The summed E-state index contributed by atoms with van der Waals surface area (Å²) in [6.07, 6.45) is 0.585. The maximum absolute atomic E-state index is 10.8. The monoisotopic (exact) mass is 303 g/mol. The molecule has 0 aliphatic carbocycles. The Hall–Kier alpha value is -0.620. The molecular formula is C10H10INO2. The summed E-state index contributed by atoms with van der Waals surface area (Å²) in [6.45, 7) is 0.656. The van der Waals surface area contributed by atoms with Crippen LogP contribution in [-0.2, 0) is 17.8 Å². The third-order valence-electron chi connectivity index (χ3n) is 2.43. The van der Waals surface area contributed by atoms with Crippen molar-refractivity contribution >= 4 is 28.6 Å². The number of nitrogens with one attached hydrogen (secondary N) is 1. The minimum atomic E-state index is -0.769. The van der Waals surface area contributed by atoms with Gasteiger partial charge >= 0.3 is 5.97 Å². The van der Waals surface area contributed by atoms with E-state index in [1.165, 1.54) is 9.13 Å². The molecule has 74 valence electrons. The van der Waals surface area contributed by atoms with Crippen LogP contribution in [-0.4, -0.2) is 17.1 Å². The molecule has 0 bridgehead atoms. The zero-order chi connectivity index (χ0) is 10.1. The van der Waals surface area contributed by atoms with Gasteiger partial charge in [0.25, 0.3) is 0 Å². The van der Waals surface area contributed by atoms with Gasteiger partial charge in [-0.1, -0.05) is 6.07 Å². The molecular weight excluding hydrogens is 293 g/mol. The van der Waals surface area contributed by atoms with E-state index >= 15 is 0 Å². The van der Waals surface area contributed by atoms with E-state index in [0.717, 1.165) is 5.56 Å². The van der Waals surface area contributed by atoms with E-state index in [2.05, 4.69) is 34.0 Å². The Kier molecular flexibility index (Phi) is 2.73. The second-order valence-electron chi connectivity index (χ2n) is 3.39. The summed E-state index contributed by atoms with van der Waals surface area (Å²) in [5, 5.41) is 11.9. The molecule has 1 aliphatic heterocycles. The van der Waals surface area contributed by atoms with Crippen LogP contribution in [0.2, 0.25) is 0 Å². The van der Waals surface area contributed by atoms with E-state index in [4.69, 9.17) is 5.11 Å². The largest absolute Gasteiger partial charge is 0.480 e. The van der Waals surface area contributed by atoms with Gasteiger partial charge in [0.1, 0.15) is 6.04 Å². The molecule has 1 aromatic rings. The topological polar surface area (TPSA) is 49.3 Å². The third kappa shape index (κ3) is 1.90. The molecule has 1 atom stereocenters. The number of hydrogen-bond acceptors (Lipinski definition) is 2. The number of rotatable bonds is 1. The van der Waals surface area contributed by atoms with Crippen molar-refractivity contribution in [3.63, 3.8) is 0 Å². The van der Waals surface area contributed by atoms with Crippen LogP contribution in [0.5, 0.6) is 0 Å². The number of benzene rings is 1. The van der Waals surface area contributed by atoms with E-state index in [1.54, 1.807) is 0 Å². The van der Waals surface area contributed by atoms with Crippen molar-refractivity contribution < 1.29 is 9.90 Å². The average molecular weight is 303 g/mol. The highest BCUT2D eigenvalue weighted by Crippen LogP contribution is 2.19. The number of carbonyl (C=O) groups is 1. The van der Waals surface area contributed by atoms with Crippen LogP contribution >= 0.6 is 22.6 Å². The first kappa shape index (κ1) is 9.92. The minimum absolute atomic E-state index is 0.428. The van der Waals surface area contributed by atoms with Crippen molar-refractivity contribution in [3.8, 4) is 0 Å². The predicted molar refractivity (Wildman–Crippen MR) is 61.1 cm³/mol. The lowest BCUT2D eigenvalue weighted by Crippen LogP contribution is -2.41. The van der Waals surface area contributed by atoms with Crippen molar-refractivity contribution in [2.75, 3.05) is 0 Å². The highest BCUT2D eigenvalue weighted by atomic mass is 127. The highest BCUT2D eigenvalue weighted by Gasteiger charge is 2.23. The molecule has 0 saturated heterocycles. The maximum atomic E-state index is 10.8. The summed E-state index contributed by atoms with van der Waals surface area (Å²) >= 11 is 2.26. The van der Waals surface area contributed by atoms with Gasteiger partial charge in [-0.05, 0) is 52.3 Å². The molecule has 0 amide bonds. The first-order valence-corrected chi connectivity index (χ1v) is 5.48. The minimum Gasteiger partial charge on any atom is -0.480 e. The van der Waals surface area contributed by atoms with Gasteiger partial charge in [-0.15, -0.1) is 0 Å². The lowest BCUT2D eigenvalue weighted by atomic mass is 9.96. The molecule has 0 spiro atoms. The Balaban J connectivity index is 2.27. The molecule has 0 saturated carbocycles. The van der Waals surface area contributed by atoms with Crippen molar-refractivity contribution in [3.05, 3.63) is 32.9 Å². The van der Waals surface area contributed by atoms with Crippen molar-refractivity contribution in [2.45, 2.75) is 19.0 Å². The first-order valence-electron chi connectivity index (χ1n) is 4.40. The van der Waals surface area contributed by atoms with Crippen LogP contribution in [0.4, 0.5) is 0 Å². The standard InChI is InChI=1S/C10H10INO2/c11-8-2-1-6-4-9(10(13)14)12-5-7(6)3-8/h1-3,9,12H,4-5H2,(H,13,14)/t9-/m0/s1. The molecule has 14 heavy (non-hydrogen) atoms. The zero-order valence-corrected chi connectivity index (χ0v) is 9.61. The van der Waals surface area contributed by atoms with Crippen LogP contribution in [0.3, 0.4) is 0 Å². The lowest BCUT2D eigenvalue weighted by Gasteiger charge is -2.23. The number of hydrogen-bond donors (Lipinski definition) is 2. The van der Waals surface area contributed by atoms with Crippen molar-refractivity contribution in [1.29, 1.82) is 0 Å². The second-order valence-corrected chi connectivity index (χ2v) is 4.63. The number of halogens is 1. The Morgan fingerprint density at radius 3 is 3.00 bits per heavy atom. The normalized spacial score (nSPS) is 20.2. The zero-order valence-electron chi connectivity index (χ0n) is 7.46. The van der Waals surface area contributed by atoms with E-state index in [-0.39, 0.29) is 0 Å². The van der Waals surface area contributed by atoms with Crippen LogP contribution in [0.25, 0.3) is 0 Å². The summed E-state index contributed by atoms with van der Waals surface area (Å²) in [7, 11) is 0. The lowest BCUT2D eigenvalue weighted by molar-refractivity contribution is -0.139. The van der Waals surface area contributed by atoms with Crippen LogP contribution in [0.1, 0.15) is 11.1 Å². The summed E-state index contributed by atoms with van der Waals surface area (Å²) < 4.78 is 1.19. The summed E-state index contributed by atoms with van der Waals surface area (Å²) in [5.41, 5.74) is 2.37. The van der Waals surface area contributed by atoms with E-state index in [9.17, 15) is 4.79 Å². The summed E-state index contributed by atoms with van der Waals surface area (Å²) in [4.78, 5) is 10.8. The van der Waals surface area contributed by atoms with Gasteiger partial charge in [-0.25, -0.2) is 0 Å². The van der Waals surface area contributed by atoms with Crippen LogP contribution in [0.15, 0.2) is 18.2 Å². The Morgan fingerprint density at radius 2 is 2.29 bits per heavy atom. The first-order chi connectivity index (χ1) is 6.66. The molecule has 0 radical (unpaired) electrons. The SMILES string of the molecule is O=C(O)[C@@H]1Cc2ccc(I)cc2CN1. The fourth-order valence-corrected chi connectivity index (χ4v) is 2.21. The molecule has 4 heteroatoms. The van der Waals surface area contributed by atoms with E-state index < -0.39 is 12.0 Å². The van der Waals surface area contributed by atoms with Crippen LogP contribution in [0, 0.1) is 3.57 Å². The maximum Gasteiger partial charge on any atom is 0.321 e. The number of fused-ring (bicyclic) bond motifs is 1. The second kappa shape index (κ2) is 3.86. The Bertz CT molecular complexity index is 378. The van der Waals surface area contributed by atoms with Gasteiger partial charge in [0.2, 0.25) is 0 Å². The smallest absolute Gasteiger partial charge is 0.321 e. The van der Waals surface area contributed by atoms with Crippen molar-refractivity contribution in [1.82, 2.24) is 5.32 Å². The molecule has 2 rings (SSSR count). The van der Waals surface area contributed by atoms with Gasteiger partial charge in [0, 0.05) is 10.1 Å². The van der Waals surface area contributed by atoms with Crippen molar-refractivity contribution in [2.24, 2.45) is 0 Å². The van der Waals surface area contributed by atoms with Gasteiger partial charge in [-0.3, -0.25) is 4.79 Å². The average Bonchev–Trinajstić information content (AvgIpc) is 2.16. The number of carboxylic acids is 1. The fraction of sp³-hybridized carbons (Fsp3) is 0.300. The highest BCUT2D eigenvalue weighted by molar-refractivity contribution is 14.1. The van der Waals surface area contributed by atoms with Crippen LogP contribution < -0.4 is 5.32 Å². The summed E-state index contributed by atoms with van der Waals surface area (Å²) in [5.74, 6) is -0.769. The number of aliphatic carboxylic acids is 1. The fourth-order valence-electron chi connectivity index (χ4n) is 1.66. The molecule has 0 fully saturated rings. The molecule has 2 N–H and O–H groups in total. The number of carboxylic acid groups (broad SMARTS) is 1. The van der Waals surface area contributed by atoms with Gasteiger partial charge < -0.3 is 10.4 Å². The molecule has 1 aromatic carbocycles. The Morgan fingerprint density at radius 1 is 1.50 bits per heavy atom. The van der Waals surface area contributed by atoms with Gasteiger partial charge in [0.05, 0.1) is 0 Å². The Labute approximate surface area is 95.7 Å². The molecule has 1 heterocycles. The molecule has 1 aliphatic rings. The summed E-state index contributed by atoms with van der Waals surface area (Å²) in [6, 6.07) is 5.71. The molecule has 0 aromatic heterocycles. The van der Waals surface area contributed by atoms with E-state index in [1.807, 2.05) is 12.1 Å². The van der Waals surface area contributed by atoms with E-state index in [0.29, 0.717) is 13.0 Å². The quantitative estimate of drug-likeness (QED) is 0.771. The molecule has 3 nitrogen and oxygen atoms in total.